The van der Waals surface area contributed by atoms with Crippen LogP contribution in [0.2, 0.25) is 5.02 Å². The van der Waals surface area contributed by atoms with Crippen molar-refractivity contribution in [3.63, 3.8) is 0 Å². The van der Waals surface area contributed by atoms with Crippen LogP contribution in [0.1, 0.15) is 36.7 Å². The summed E-state index contributed by atoms with van der Waals surface area (Å²) in [6.07, 6.45) is 3.33. The summed E-state index contributed by atoms with van der Waals surface area (Å²) in [7, 11) is 0. The SMILES string of the molecule is CC1CCCCN1C(=O)c1cccc(-c2ccccc2Cl)n1. The molecular formula is C18H19ClN2O. The highest BCUT2D eigenvalue weighted by Crippen LogP contribution is 2.26. The number of halogens is 1. The van der Waals surface area contributed by atoms with Gasteiger partial charge in [-0.3, -0.25) is 4.79 Å². The monoisotopic (exact) mass is 314 g/mol. The standard InChI is InChI=1S/C18H19ClN2O/c1-13-7-4-5-12-21(13)18(22)17-11-6-10-16(20-17)14-8-2-3-9-15(14)19/h2-3,6,8-11,13H,4-5,7,12H2,1H3. The number of likely N-dealkylation sites (tertiary alicyclic amines) is 1. The van der Waals surface area contributed by atoms with Crippen LogP contribution < -0.4 is 0 Å². The Kier molecular flexibility index (Phi) is 4.44. The van der Waals surface area contributed by atoms with Crippen LogP contribution in [0.15, 0.2) is 42.5 Å². The highest BCUT2D eigenvalue weighted by molar-refractivity contribution is 6.33. The van der Waals surface area contributed by atoms with E-state index in [1.165, 1.54) is 6.42 Å². The van der Waals surface area contributed by atoms with Crippen molar-refractivity contribution in [1.29, 1.82) is 0 Å². The normalized spacial score (nSPS) is 18.3. The maximum atomic E-state index is 12.7. The first-order valence-corrected chi connectivity index (χ1v) is 8.07. The van der Waals surface area contributed by atoms with Gasteiger partial charge in [-0.1, -0.05) is 35.9 Å². The van der Waals surface area contributed by atoms with Gasteiger partial charge in [0.2, 0.25) is 0 Å². The van der Waals surface area contributed by atoms with Crippen molar-refractivity contribution in [3.8, 4) is 11.3 Å². The summed E-state index contributed by atoms with van der Waals surface area (Å²) in [5.41, 5.74) is 2.08. The third-order valence-electron chi connectivity index (χ3n) is 4.18. The Labute approximate surface area is 135 Å². The van der Waals surface area contributed by atoms with Crippen LogP contribution in [-0.4, -0.2) is 28.4 Å². The Hall–Kier alpha value is -1.87. The van der Waals surface area contributed by atoms with Gasteiger partial charge in [-0.25, -0.2) is 4.98 Å². The zero-order chi connectivity index (χ0) is 15.5. The number of benzene rings is 1. The van der Waals surface area contributed by atoms with Gasteiger partial charge < -0.3 is 4.90 Å². The quantitative estimate of drug-likeness (QED) is 0.822. The molecule has 4 heteroatoms. The van der Waals surface area contributed by atoms with E-state index in [0.717, 1.165) is 30.6 Å². The van der Waals surface area contributed by atoms with Gasteiger partial charge in [0.15, 0.2) is 0 Å². The van der Waals surface area contributed by atoms with Crippen molar-refractivity contribution in [3.05, 3.63) is 53.2 Å². The van der Waals surface area contributed by atoms with Crippen molar-refractivity contribution < 1.29 is 4.79 Å². The van der Waals surface area contributed by atoms with E-state index in [1.54, 1.807) is 6.07 Å². The first-order valence-electron chi connectivity index (χ1n) is 7.70. The maximum absolute atomic E-state index is 12.7. The minimum Gasteiger partial charge on any atom is -0.335 e. The summed E-state index contributed by atoms with van der Waals surface area (Å²) in [4.78, 5) is 19.2. The molecule has 3 nitrogen and oxygen atoms in total. The van der Waals surface area contributed by atoms with Crippen molar-refractivity contribution in [2.45, 2.75) is 32.2 Å². The lowest BCUT2D eigenvalue weighted by molar-refractivity contribution is 0.0629. The molecule has 3 rings (SSSR count). The molecule has 1 aromatic heterocycles. The minimum atomic E-state index is 0.0149. The number of piperidine rings is 1. The number of rotatable bonds is 2. The van der Waals surface area contributed by atoms with Crippen LogP contribution in [0, 0.1) is 0 Å². The van der Waals surface area contributed by atoms with Gasteiger partial charge in [-0.2, -0.15) is 0 Å². The second-order valence-corrected chi connectivity index (χ2v) is 6.14. The lowest BCUT2D eigenvalue weighted by atomic mass is 10.0. The predicted octanol–water partition coefficient (Wildman–Crippen LogP) is 4.42. The predicted molar refractivity (Wildman–Crippen MR) is 89.0 cm³/mol. The van der Waals surface area contributed by atoms with Gasteiger partial charge in [0, 0.05) is 23.2 Å². The fourth-order valence-corrected chi connectivity index (χ4v) is 3.15. The van der Waals surface area contributed by atoms with Gasteiger partial charge in [0.1, 0.15) is 5.69 Å². The number of carbonyl (C=O) groups is 1. The van der Waals surface area contributed by atoms with E-state index in [0.29, 0.717) is 10.7 Å². The zero-order valence-electron chi connectivity index (χ0n) is 12.6. The Morgan fingerprint density at radius 2 is 2.00 bits per heavy atom. The lowest BCUT2D eigenvalue weighted by Gasteiger charge is -2.33. The number of hydrogen-bond acceptors (Lipinski definition) is 2. The second kappa shape index (κ2) is 6.49. The molecule has 1 atom stereocenters. The summed E-state index contributed by atoms with van der Waals surface area (Å²) >= 11 is 6.23. The highest BCUT2D eigenvalue weighted by Gasteiger charge is 2.25. The first-order chi connectivity index (χ1) is 10.7. The summed E-state index contributed by atoms with van der Waals surface area (Å²) in [5.74, 6) is 0.0149. The van der Waals surface area contributed by atoms with E-state index in [2.05, 4.69) is 11.9 Å². The van der Waals surface area contributed by atoms with E-state index < -0.39 is 0 Å². The molecule has 0 N–H and O–H groups in total. The van der Waals surface area contributed by atoms with Crippen molar-refractivity contribution >= 4 is 17.5 Å². The van der Waals surface area contributed by atoms with E-state index in [1.807, 2.05) is 41.3 Å². The molecule has 0 radical (unpaired) electrons. The third kappa shape index (κ3) is 3.00. The number of hydrogen-bond donors (Lipinski definition) is 0. The fourth-order valence-electron chi connectivity index (χ4n) is 2.92. The Balaban J connectivity index is 1.91. The Morgan fingerprint density at radius 1 is 1.18 bits per heavy atom. The molecule has 0 spiro atoms. The first kappa shape index (κ1) is 15.0. The molecular weight excluding hydrogens is 296 g/mol. The van der Waals surface area contributed by atoms with Crippen LogP contribution >= 0.6 is 11.6 Å². The van der Waals surface area contributed by atoms with Gasteiger partial charge in [-0.15, -0.1) is 0 Å². The van der Waals surface area contributed by atoms with Crippen LogP contribution in [0.25, 0.3) is 11.3 Å². The van der Waals surface area contributed by atoms with Crippen LogP contribution in [0.4, 0.5) is 0 Å². The molecule has 2 aromatic rings. The molecule has 22 heavy (non-hydrogen) atoms. The Bertz CT molecular complexity index is 686. The lowest BCUT2D eigenvalue weighted by Crippen LogP contribution is -2.42. The number of pyridine rings is 1. The van der Waals surface area contributed by atoms with Crippen molar-refractivity contribution in [2.75, 3.05) is 6.54 Å². The zero-order valence-corrected chi connectivity index (χ0v) is 13.4. The molecule has 1 amide bonds. The summed E-state index contributed by atoms with van der Waals surface area (Å²) < 4.78 is 0. The van der Waals surface area contributed by atoms with Crippen molar-refractivity contribution in [2.24, 2.45) is 0 Å². The van der Waals surface area contributed by atoms with Gasteiger partial charge in [0.05, 0.1) is 5.69 Å². The molecule has 1 fully saturated rings. The van der Waals surface area contributed by atoms with Gasteiger partial charge in [-0.05, 0) is 44.4 Å². The molecule has 0 bridgehead atoms. The van der Waals surface area contributed by atoms with Gasteiger partial charge >= 0.3 is 0 Å². The average molecular weight is 315 g/mol. The van der Waals surface area contributed by atoms with Crippen LogP contribution in [0.5, 0.6) is 0 Å². The molecule has 0 saturated carbocycles. The third-order valence-corrected chi connectivity index (χ3v) is 4.51. The highest BCUT2D eigenvalue weighted by atomic mass is 35.5. The summed E-state index contributed by atoms with van der Waals surface area (Å²) in [5, 5.41) is 0.644. The van der Waals surface area contributed by atoms with Crippen LogP contribution in [-0.2, 0) is 0 Å². The largest absolute Gasteiger partial charge is 0.335 e. The fraction of sp³-hybridized carbons (Fsp3) is 0.333. The molecule has 1 aromatic carbocycles. The number of carbonyl (C=O) groups excluding carboxylic acids is 1. The second-order valence-electron chi connectivity index (χ2n) is 5.73. The number of nitrogens with zero attached hydrogens (tertiary/aromatic N) is 2. The summed E-state index contributed by atoms with van der Waals surface area (Å²) in [6, 6.07) is 13.4. The molecule has 1 unspecified atom stereocenters. The maximum Gasteiger partial charge on any atom is 0.272 e. The van der Waals surface area contributed by atoms with Gasteiger partial charge in [0.25, 0.3) is 5.91 Å². The molecule has 1 aliphatic rings. The molecule has 114 valence electrons. The molecule has 1 saturated heterocycles. The average Bonchev–Trinajstić information content (AvgIpc) is 2.55. The van der Waals surface area contributed by atoms with Crippen molar-refractivity contribution in [1.82, 2.24) is 9.88 Å². The summed E-state index contributed by atoms with van der Waals surface area (Å²) in [6.45, 7) is 2.92. The molecule has 0 aliphatic carbocycles. The van der Waals surface area contributed by atoms with E-state index in [9.17, 15) is 4.79 Å². The minimum absolute atomic E-state index is 0.0149. The van der Waals surface area contributed by atoms with Crippen LogP contribution in [0.3, 0.4) is 0 Å². The number of aromatic nitrogens is 1. The topological polar surface area (TPSA) is 33.2 Å². The number of amides is 1. The van der Waals surface area contributed by atoms with E-state index in [4.69, 9.17) is 11.6 Å². The molecule has 2 heterocycles. The molecule has 1 aliphatic heterocycles. The van der Waals surface area contributed by atoms with E-state index in [-0.39, 0.29) is 11.9 Å². The smallest absolute Gasteiger partial charge is 0.272 e. The Morgan fingerprint density at radius 3 is 2.77 bits per heavy atom. The van der Waals surface area contributed by atoms with E-state index >= 15 is 0 Å².